The number of amides is 2. The minimum absolute atomic E-state index is 0.00218. The summed E-state index contributed by atoms with van der Waals surface area (Å²) in [4.78, 5) is 30.5. The highest BCUT2D eigenvalue weighted by atomic mass is 32.1. The SMILES string of the molecule is COCc1c(C(=O)N2CCC(C(=O)N3CCCC(C)C3)CC2)sc2cccc(F)c12. The van der Waals surface area contributed by atoms with Crippen molar-refractivity contribution in [1.29, 1.82) is 0 Å². The Kier molecular flexibility index (Phi) is 6.39. The Labute approximate surface area is 180 Å². The normalized spacial score (nSPS) is 20.7. The summed E-state index contributed by atoms with van der Waals surface area (Å²) in [5.74, 6) is 0.405. The second-order valence-electron chi connectivity index (χ2n) is 8.55. The number of ether oxygens (including phenoxy) is 1. The predicted molar refractivity (Wildman–Crippen MR) is 116 cm³/mol. The highest BCUT2D eigenvalue weighted by Crippen LogP contribution is 2.35. The molecule has 1 unspecified atom stereocenters. The van der Waals surface area contributed by atoms with Gasteiger partial charge < -0.3 is 14.5 Å². The van der Waals surface area contributed by atoms with Crippen molar-refractivity contribution in [3.8, 4) is 0 Å². The molecule has 2 fully saturated rings. The molecule has 2 aliphatic rings. The van der Waals surface area contributed by atoms with Crippen LogP contribution in [-0.2, 0) is 16.1 Å². The molecule has 1 aromatic carbocycles. The fourth-order valence-corrected chi connectivity index (χ4v) is 5.93. The number of halogens is 1. The van der Waals surface area contributed by atoms with E-state index in [4.69, 9.17) is 4.74 Å². The van der Waals surface area contributed by atoms with Gasteiger partial charge in [-0.15, -0.1) is 11.3 Å². The molecule has 0 spiro atoms. The zero-order chi connectivity index (χ0) is 21.3. The fourth-order valence-electron chi connectivity index (χ4n) is 4.74. The van der Waals surface area contributed by atoms with E-state index in [9.17, 15) is 14.0 Å². The first kappa shape index (κ1) is 21.2. The summed E-state index contributed by atoms with van der Waals surface area (Å²) in [6.07, 6.45) is 3.65. The van der Waals surface area contributed by atoms with Gasteiger partial charge in [-0.2, -0.15) is 0 Å². The van der Waals surface area contributed by atoms with Crippen LogP contribution >= 0.6 is 11.3 Å². The summed E-state index contributed by atoms with van der Waals surface area (Å²) >= 11 is 1.32. The standard InChI is InChI=1S/C23H29FN2O3S/c1-15-5-4-10-26(13-15)22(27)16-8-11-25(12-9-16)23(28)21-17(14-29-2)20-18(24)6-3-7-19(20)30-21/h3,6-7,15-16H,4-5,8-14H2,1-2H3. The van der Waals surface area contributed by atoms with E-state index in [1.807, 2.05) is 15.9 Å². The number of thiophene rings is 1. The highest BCUT2D eigenvalue weighted by molar-refractivity contribution is 7.21. The molecule has 0 aliphatic carbocycles. The third-order valence-corrected chi connectivity index (χ3v) is 7.53. The van der Waals surface area contributed by atoms with Crippen LogP contribution in [0.3, 0.4) is 0 Å². The zero-order valence-corrected chi connectivity index (χ0v) is 18.5. The minimum atomic E-state index is -0.324. The van der Waals surface area contributed by atoms with Gasteiger partial charge in [0, 0.05) is 54.9 Å². The molecule has 3 heterocycles. The van der Waals surface area contributed by atoms with Gasteiger partial charge in [-0.25, -0.2) is 4.39 Å². The van der Waals surface area contributed by atoms with Gasteiger partial charge in [0.25, 0.3) is 5.91 Å². The van der Waals surface area contributed by atoms with Crippen LogP contribution < -0.4 is 0 Å². The van der Waals surface area contributed by atoms with Crippen molar-refractivity contribution in [1.82, 2.24) is 9.80 Å². The Morgan fingerprint density at radius 3 is 2.63 bits per heavy atom. The van der Waals surface area contributed by atoms with E-state index in [2.05, 4.69) is 6.92 Å². The third kappa shape index (κ3) is 4.10. The lowest BCUT2D eigenvalue weighted by molar-refractivity contribution is -0.138. The lowest BCUT2D eigenvalue weighted by Crippen LogP contribution is -2.47. The number of hydrogen-bond donors (Lipinski definition) is 0. The number of benzene rings is 1. The monoisotopic (exact) mass is 432 g/mol. The summed E-state index contributed by atoms with van der Waals surface area (Å²) in [7, 11) is 1.55. The molecule has 30 heavy (non-hydrogen) atoms. The van der Waals surface area contributed by atoms with E-state index in [0.717, 1.165) is 24.2 Å². The Balaban J connectivity index is 1.46. The molecular weight excluding hydrogens is 403 g/mol. The molecule has 2 saturated heterocycles. The van der Waals surface area contributed by atoms with Gasteiger partial charge >= 0.3 is 0 Å². The number of carbonyl (C=O) groups excluding carboxylic acids is 2. The Hall–Kier alpha value is -1.99. The molecule has 0 radical (unpaired) electrons. The number of nitrogens with zero attached hydrogens (tertiary/aromatic N) is 2. The number of carbonyl (C=O) groups is 2. The molecule has 2 aliphatic heterocycles. The molecular formula is C23H29FN2O3S. The van der Waals surface area contributed by atoms with Crippen molar-refractivity contribution in [3.63, 3.8) is 0 Å². The topological polar surface area (TPSA) is 49.9 Å². The molecule has 0 saturated carbocycles. The van der Waals surface area contributed by atoms with Crippen LogP contribution in [0.1, 0.15) is 47.8 Å². The van der Waals surface area contributed by atoms with Gasteiger partial charge in [-0.05, 0) is 43.7 Å². The van der Waals surface area contributed by atoms with Crippen LogP contribution in [-0.4, -0.2) is 54.9 Å². The second kappa shape index (κ2) is 9.02. The van der Waals surface area contributed by atoms with E-state index in [1.54, 1.807) is 13.2 Å². The Morgan fingerprint density at radius 2 is 1.93 bits per heavy atom. The summed E-state index contributed by atoms with van der Waals surface area (Å²) < 4.78 is 20.4. The van der Waals surface area contributed by atoms with Crippen molar-refractivity contribution >= 4 is 33.2 Å². The molecule has 2 aromatic rings. The molecule has 1 atom stereocenters. The molecule has 4 rings (SSSR count). The maximum atomic E-state index is 14.4. The van der Waals surface area contributed by atoms with Gasteiger partial charge in [-0.1, -0.05) is 13.0 Å². The smallest absolute Gasteiger partial charge is 0.264 e. The maximum absolute atomic E-state index is 14.4. The molecule has 0 bridgehead atoms. The van der Waals surface area contributed by atoms with Gasteiger partial charge in [0.05, 0.1) is 11.5 Å². The first-order valence-electron chi connectivity index (χ1n) is 10.8. The average Bonchev–Trinajstić information content (AvgIpc) is 3.13. The molecule has 2 amide bonds. The van der Waals surface area contributed by atoms with Crippen molar-refractivity contribution < 1.29 is 18.7 Å². The van der Waals surface area contributed by atoms with Gasteiger partial charge in [0.2, 0.25) is 5.91 Å². The van der Waals surface area contributed by atoms with Crippen LogP contribution in [0.4, 0.5) is 4.39 Å². The highest BCUT2D eigenvalue weighted by Gasteiger charge is 2.33. The van der Waals surface area contributed by atoms with Gasteiger partial charge in [-0.3, -0.25) is 9.59 Å². The fraction of sp³-hybridized carbons (Fsp3) is 0.565. The number of likely N-dealkylation sites (tertiary alicyclic amines) is 2. The first-order valence-corrected chi connectivity index (χ1v) is 11.6. The molecule has 5 nitrogen and oxygen atoms in total. The number of fused-ring (bicyclic) bond motifs is 1. The van der Waals surface area contributed by atoms with Crippen LogP contribution in [0.25, 0.3) is 10.1 Å². The van der Waals surface area contributed by atoms with Crippen molar-refractivity contribution in [2.45, 2.75) is 39.2 Å². The quantitative estimate of drug-likeness (QED) is 0.724. The lowest BCUT2D eigenvalue weighted by atomic mass is 9.92. The maximum Gasteiger partial charge on any atom is 0.264 e. The first-order chi connectivity index (χ1) is 14.5. The Morgan fingerprint density at radius 1 is 1.17 bits per heavy atom. The zero-order valence-electron chi connectivity index (χ0n) is 17.7. The third-order valence-electron chi connectivity index (χ3n) is 6.35. The van der Waals surface area contributed by atoms with Crippen LogP contribution in [0, 0.1) is 17.7 Å². The molecule has 7 heteroatoms. The number of hydrogen-bond acceptors (Lipinski definition) is 4. The summed E-state index contributed by atoms with van der Waals surface area (Å²) in [6, 6.07) is 4.92. The van der Waals surface area contributed by atoms with E-state index in [-0.39, 0.29) is 30.2 Å². The van der Waals surface area contributed by atoms with Gasteiger partial charge in [0.15, 0.2) is 0 Å². The summed E-state index contributed by atoms with van der Waals surface area (Å²) in [6.45, 7) is 5.22. The lowest BCUT2D eigenvalue weighted by Gasteiger charge is -2.37. The Bertz CT molecular complexity index is 936. The minimum Gasteiger partial charge on any atom is -0.380 e. The van der Waals surface area contributed by atoms with Crippen LogP contribution in [0.2, 0.25) is 0 Å². The number of rotatable bonds is 4. The van der Waals surface area contributed by atoms with E-state index < -0.39 is 0 Å². The van der Waals surface area contributed by atoms with E-state index in [1.165, 1.54) is 23.8 Å². The summed E-state index contributed by atoms with van der Waals surface area (Å²) in [5.41, 5.74) is 0.626. The van der Waals surface area contributed by atoms with Crippen molar-refractivity contribution in [2.24, 2.45) is 11.8 Å². The van der Waals surface area contributed by atoms with E-state index >= 15 is 0 Å². The van der Waals surface area contributed by atoms with Crippen molar-refractivity contribution in [3.05, 3.63) is 34.5 Å². The van der Waals surface area contributed by atoms with Crippen LogP contribution in [0.5, 0.6) is 0 Å². The predicted octanol–water partition coefficient (Wildman–Crippen LogP) is 4.30. The van der Waals surface area contributed by atoms with Crippen molar-refractivity contribution in [2.75, 3.05) is 33.3 Å². The van der Waals surface area contributed by atoms with Gasteiger partial charge in [0.1, 0.15) is 5.82 Å². The largest absolute Gasteiger partial charge is 0.380 e. The number of methoxy groups -OCH3 is 1. The number of piperidine rings is 2. The van der Waals surface area contributed by atoms with E-state index in [0.29, 0.717) is 47.7 Å². The second-order valence-corrected chi connectivity index (χ2v) is 9.61. The summed E-state index contributed by atoms with van der Waals surface area (Å²) in [5, 5.41) is 0.483. The molecule has 0 N–H and O–H groups in total. The molecule has 162 valence electrons. The van der Waals surface area contributed by atoms with Crippen LogP contribution in [0.15, 0.2) is 18.2 Å². The average molecular weight is 433 g/mol. The molecule has 1 aromatic heterocycles.